The number of benzene rings is 1. The van der Waals surface area contributed by atoms with Crippen molar-refractivity contribution in [1.29, 1.82) is 0 Å². The normalized spacial score (nSPS) is 14.0. The van der Waals surface area contributed by atoms with Gasteiger partial charge in [0, 0.05) is 24.7 Å². The van der Waals surface area contributed by atoms with Crippen LogP contribution < -0.4 is 10.1 Å². The number of amides is 3. The molecule has 1 aromatic carbocycles. The first-order valence-corrected chi connectivity index (χ1v) is 8.71. The zero-order chi connectivity index (χ0) is 18.9. The summed E-state index contributed by atoms with van der Waals surface area (Å²) in [5, 5.41) is 2.16. The molecule has 0 aromatic heterocycles. The number of carbonyl (C=O) groups excluding carboxylic acids is 4. The summed E-state index contributed by atoms with van der Waals surface area (Å²) in [5.41, 5.74) is 0.703. The Balaban J connectivity index is 1.70. The maximum Gasteiger partial charge on any atom is 0.331 e. The number of ether oxygens (including phenoxy) is 2. The molecule has 1 saturated heterocycles. The maximum atomic E-state index is 11.7. The summed E-state index contributed by atoms with van der Waals surface area (Å²) in [6.45, 7) is -0.255. The number of methoxy groups -OCH3 is 1. The van der Waals surface area contributed by atoms with Gasteiger partial charge < -0.3 is 14.8 Å². The number of imide groups is 1. The Bertz CT molecular complexity index is 718. The molecule has 9 heteroatoms. The Labute approximate surface area is 154 Å². The number of carbonyl (C=O) groups is 4. The van der Waals surface area contributed by atoms with E-state index in [0.717, 1.165) is 16.7 Å². The monoisotopic (exact) mass is 378 g/mol. The van der Waals surface area contributed by atoms with Gasteiger partial charge in [0.25, 0.3) is 11.1 Å². The average molecular weight is 378 g/mol. The predicted octanol–water partition coefficient (Wildman–Crippen LogP) is 1.06. The Morgan fingerprint density at radius 3 is 2.77 bits per heavy atom. The highest BCUT2D eigenvalue weighted by molar-refractivity contribution is 8.14. The van der Waals surface area contributed by atoms with Crippen LogP contribution in [0.5, 0.6) is 5.75 Å². The number of rotatable bonds is 8. The molecule has 0 aliphatic carbocycles. The molecule has 1 heterocycles. The fraction of sp³-hybridized carbons (Fsp3) is 0.294. The molecule has 138 valence electrons. The van der Waals surface area contributed by atoms with Crippen LogP contribution in [0.4, 0.5) is 4.79 Å². The minimum atomic E-state index is -0.674. The van der Waals surface area contributed by atoms with Gasteiger partial charge in [-0.15, -0.1) is 0 Å². The minimum absolute atomic E-state index is 0.0953. The van der Waals surface area contributed by atoms with Crippen molar-refractivity contribution >= 4 is 40.9 Å². The van der Waals surface area contributed by atoms with Crippen LogP contribution in [0, 0.1) is 0 Å². The number of para-hydroxylation sites is 1. The van der Waals surface area contributed by atoms with Gasteiger partial charge in [0.1, 0.15) is 5.75 Å². The van der Waals surface area contributed by atoms with Crippen molar-refractivity contribution in [3.05, 3.63) is 35.9 Å². The van der Waals surface area contributed by atoms with Crippen molar-refractivity contribution in [2.75, 3.05) is 32.6 Å². The maximum absolute atomic E-state index is 11.7. The van der Waals surface area contributed by atoms with Gasteiger partial charge in [-0.05, 0) is 12.1 Å². The lowest BCUT2D eigenvalue weighted by atomic mass is 10.2. The van der Waals surface area contributed by atoms with Crippen LogP contribution in [0.3, 0.4) is 0 Å². The summed E-state index contributed by atoms with van der Waals surface area (Å²) in [5.74, 6) is -0.730. The molecule has 0 atom stereocenters. The number of nitrogens with zero attached hydrogens (tertiary/aromatic N) is 1. The Morgan fingerprint density at radius 1 is 1.31 bits per heavy atom. The zero-order valence-electron chi connectivity index (χ0n) is 14.1. The van der Waals surface area contributed by atoms with E-state index in [1.807, 2.05) is 0 Å². The predicted molar refractivity (Wildman–Crippen MR) is 95.6 cm³/mol. The van der Waals surface area contributed by atoms with Crippen molar-refractivity contribution in [2.45, 2.75) is 0 Å². The van der Waals surface area contributed by atoms with E-state index < -0.39 is 18.5 Å². The Kier molecular flexibility index (Phi) is 7.22. The first-order chi connectivity index (χ1) is 12.5. The summed E-state index contributed by atoms with van der Waals surface area (Å²) in [4.78, 5) is 47.1. The number of hydrogen-bond donors (Lipinski definition) is 1. The third kappa shape index (κ3) is 5.62. The first-order valence-electron chi connectivity index (χ1n) is 7.73. The molecule has 0 spiro atoms. The van der Waals surface area contributed by atoms with Crippen molar-refractivity contribution < 1.29 is 28.7 Å². The molecule has 1 fully saturated rings. The Morgan fingerprint density at radius 2 is 2.08 bits per heavy atom. The molecular weight excluding hydrogens is 360 g/mol. The summed E-state index contributed by atoms with van der Waals surface area (Å²) in [6, 6.07) is 7.14. The van der Waals surface area contributed by atoms with Crippen LogP contribution in [-0.2, 0) is 19.1 Å². The highest BCUT2D eigenvalue weighted by atomic mass is 32.2. The fourth-order valence-corrected chi connectivity index (χ4v) is 2.85. The highest BCUT2D eigenvalue weighted by Crippen LogP contribution is 2.19. The van der Waals surface area contributed by atoms with E-state index in [1.54, 1.807) is 24.3 Å². The SMILES string of the molecule is COc1ccccc1/C=C/C(=O)OCC(=O)NCCN1C(=O)CSC1=O. The zero-order valence-corrected chi connectivity index (χ0v) is 14.9. The van der Waals surface area contributed by atoms with Gasteiger partial charge in [-0.1, -0.05) is 30.0 Å². The van der Waals surface area contributed by atoms with E-state index >= 15 is 0 Å². The van der Waals surface area contributed by atoms with Crippen molar-refractivity contribution in [2.24, 2.45) is 0 Å². The molecule has 0 radical (unpaired) electrons. The quantitative estimate of drug-likeness (QED) is 0.533. The second-order valence-corrected chi connectivity index (χ2v) is 6.06. The summed E-state index contributed by atoms with van der Waals surface area (Å²) in [7, 11) is 1.53. The highest BCUT2D eigenvalue weighted by Gasteiger charge is 2.29. The molecule has 8 nitrogen and oxygen atoms in total. The first kappa shape index (κ1) is 19.5. The van der Waals surface area contributed by atoms with Gasteiger partial charge >= 0.3 is 5.97 Å². The molecule has 2 rings (SSSR count). The number of hydrogen-bond acceptors (Lipinski definition) is 7. The van der Waals surface area contributed by atoms with Gasteiger partial charge in [0.2, 0.25) is 5.91 Å². The van der Waals surface area contributed by atoms with Crippen LogP contribution in [-0.4, -0.2) is 60.5 Å². The molecule has 0 unspecified atom stereocenters. The fourth-order valence-electron chi connectivity index (χ4n) is 2.10. The van der Waals surface area contributed by atoms with Crippen LogP contribution in [0.25, 0.3) is 6.08 Å². The molecule has 0 saturated carbocycles. The second-order valence-electron chi connectivity index (χ2n) is 5.13. The standard InChI is InChI=1S/C17H18N2O6S/c1-24-13-5-3-2-4-12(13)6-7-16(22)25-10-14(20)18-8-9-19-15(21)11-26-17(19)23/h2-7H,8-11H2,1H3,(H,18,20)/b7-6+. The molecule has 26 heavy (non-hydrogen) atoms. The molecule has 3 amide bonds. The minimum Gasteiger partial charge on any atom is -0.496 e. The largest absolute Gasteiger partial charge is 0.496 e. The lowest BCUT2D eigenvalue weighted by molar-refractivity contribution is -0.143. The molecule has 0 bridgehead atoms. The number of thioether (sulfide) groups is 1. The van der Waals surface area contributed by atoms with Crippen molar-refractivity contribution in [3.8, 4) is 5.75 Å². The third-order valence-corrected chi connectivity index (χ3v) is 4.24. The van der Waals surface area contributed by atoms with E-state index in [9.17, 15) is 19.2 Å². The second kappa shape index (κ2) is 9.62. The topological polar surface area (TPSA) is 102 Å². The van der Waals surface area contributed by atoms with E-state index in [2.05, 4.69) is 5.32 Å². The molecular formula is C17H18N2O6S. The van der Waals surface area contributed by atoms with E-state index in [4.69, 9.17) is 9.47 Å². The molecule has 1 aromatic rings. The van der Waals surface area contributed by atoms with Crippen LogP contribution in [0.1, 0.15) is 5.56 Å². The smallest absolute Gasteiger partial charge is 0.331 e. The van der Waals surface area contributed by atoms with Crippen LogP contribution >= 0.6 is 11.8 Å². The molecule has 1 aliphatic heterocycles. The molecule has 1 N–H and O–H groups in total. The van der Waals surface area contributed by atoms with Crippen LogP contribution in [0.2, 0.25) is 0 Å². The van der Waals surface area contributed by atoms with Gasteiger partial charge in [-0.25, -0.2) is 4.79 Å². The van der Waals surface area contributed by atoms with E-state index in [1.165, 1.54) is 19.3 Å². The average Bonchev–Trinajstić information content (AvgIpc) is 2.96. The van der Waals surface area contributed by atoms with Gasteiger partial charge in [0.05, 0.1) is 12.9 Å². The summed E-state index contributed by atoms with van der Waals surface area (Å²) in [6.07, 6.45) is 2.73. The summed E-state index contributed by atoms with van der Waals surface area (Å²) >= 11 is 0.932. The number of nitrogens with one attached hydrogen (secondary N) is 1. The number of esters is 1. The van der Waals surface area contributed by atoms with Gasteiger partial charge in [0.15, 0.2) is 6.61 Å². The van der Waals surface area contributed by atoms with Gasteiger partial charge in [-0.3, -0.25) is 19.3 Å². The molecule has 1 aliphatic rings. The van der Waals surface area contributed by atoms with E-state index in [0.29, 0.717) is 11.3 Å². The van der Waals surface area contributed by atoms with Crippen molar-refractivity contribution in [3.63, 3.8) is 0 Å². The Hall–Kier alpha value is -2.81. The van der Waals surface area contributed by atoms with Gasteiger partial charge in [-0.2, -0.15) is 0 Å². The lowest BCUT2D eigenvalue weighted by Crippen LogP contribution is -2.38. The summed E-state index contributed by atoms with van der Waals surface area (Å²) < 4.78 is 9.99. The lowest BCUT2D eigenvalue weighted by Gasteiger charge is -2.12. The van der Waals surface area contributed by atoms with Crippen LogP contribution in [0.15, 0.2) is 30.3 Å². The van der Waals surface area contributed by atoms with Crippen molar-refractivity contribution in [1.82, 2.24) is 10.2 Å². The third-order valence-electron chi connectivity index (χ3n) is 3.38. The van der Waals surface area contributed by atoms with E-state index in [-0.39, 0.29) is 30.0 Å².